The fourth-order valence-corrected chi connectivity index (χ4v) is 2.82. The molecule has 0 saturated carbocycles. The average molecular weight is 280 g/mol. The maximum absolute atomic E-state index is 7.71. The summed E-state index contributed by atoms with van der Waals surface area (Å²) in [7, 11) is 0. The first-order valence-corrected chi connectivity index (χ1v) is 7.66. The molecular weight excluding hydrogens is 260 g/mol. The van der Waals surface area contributed by atoms with Crippen molar-refractivity contribution in [3.05, 3.63) is 23.8 Å². The second-order valence-corrected chi connectivity index (χ2v) is 5.46. The molecule has 5 heteroatoms. The minimum Gasteiger partial charge on any atom is -0.492 e. The molecule has 0 unspecified atom stereocenters. The van der Waals surface area contributed by atoms with Crippen LogP contribution in [0.4, 0.5) is 0 Å². The van der Waals surface area contributed by atoms with Gasteiger partial charge in [-0.15, -0.1) is 11.8 Å². The molecule has 0 atom stereocenters. The van der Waals surface area contributed by atoms with E-state index >= 15 is 0 Å². The van der Waals surface area contributed by atoms with E-state index in [0.717, 1.165) is 31.0 Å². The minimum atomic E-state index is 0.0620. The van der Waals surface area contributed by atoms with Crippen molar-refractivity contribution >= 4 is 17.6 Å². The van der Waals surface area contributed by atoms with Crippen molar-refractivity contribution in [3.63, 3.8) is 0 Å². The summed E-state index contributed by atoms with van der Waals surface area (Å²) in [6.07, 6.45) is 4.05. The van der Waals surface area contributed by atoms with Gasteiger partial charge < -0.3 is 15.2 Å². The zero-order valence-electron chi connectivity index (χ0n) is 11.1. The Hall–Kier alpha value is -1.20. The molecule has 0 aliphatic carbocycles. The molecule has 1 saturated heterocycles. The van der Waals surface area contributed by atoms with Gasteiger partial charge in [0.25, 0.3) is 0 Å². The second-order valence-electron chi connectivity index (χ2n) is 4.61. The summed E-state index contributed by atoms with van der Waals surface area (Å²) in [6.45, 7) is 2.30. The third-order valence-electron chi connectivity index (χ3n) is 3.29. The van der Waals surface area contributed by atoms with E-state index in [4.69, 9.17) is 20.6 Å². The summed E-state index contributed by atoms with van der Waals surface area (Å²) in [5.74, 6) is 1.31. The number of ether oxygens (including phenoxy) is 2. The molecular formula is C14H20N2O2S. The van der Waals surface area contributed by atoms with Crippen LogP contribution >= 0.6 is 11.8 Å². The molecule has 2 rings (SSSR count). The SMILES string of the molecule is CSc1cccc(OCC2CCOCC2)c1C(=N)N. The smallest absolute Gasteiger partial charge is 0.131 e. The highest BCUT2D eigenvalue weighted by molar-refractivity contribution is 7.98. The third-order valence-corrected chi connectivity index (χ3v) is 4.07. The number of thioether (sulfide) groups is 1. The lowest BCUT2D eigenvalue weighted by Crippen LogP contribution is -2.22. The molecule has 0 bridgehead atoms. The van der Waals surface area contributed by atoms with Crippen LogP contribution in [0.2, 0.25) is 0 Å². The van der Waals surface area contributed by atoms with E-state index in [2.05, 4.69) is 0 Å². The van der Waals surface area contributed by atoms with Gasteiger partial charge in [-0.25, -0.2) is 0 Å². The maximum Gasteiger partial charge on any atom is 0.131 e. The maximum atomic E-state index is 7.71. The molecule has 0 aromatic heterocycles. The molecule has 4 nitrogen and oxygen atoms in total. The van der Waals surface area contributed by atoms with Crippen molar-refractivity contribution in [1.29, 1.82) is 5.41 Å². The van der Waals surface area contributed by atoms with Crippen LogP contribution in [0.25, 0.3) is 0 Å². The monoisotopic (exact) mass is 280 g/mol. The molecule has 1 aliphatic heterocycles. The number of nitrogens with one attached hydrogen (secondary N) is 1. The third kappa shape index (κ3) is 3.64. The van der Waals surface area contributed by atoms with Crippen LogP contribution in [0.1, 0.15) is 18.4 Å². The molecule has 1 aromatic carbocycles. The Labute approximate surface area is 118 Å². The van der Waals surface area contributed by atoms with Gasteiger partial charge in [-0.05, 0) is 37.1 Å². The summed E-state index contributed by atoms with van der Waals surface area (Å²) < 4.78 is 11.2. The molecule has 0 amide bonds. The van der Waals surface area contributed by atoms with E-state index in [1.54, 1.807) is 11.8 Å². The van der Waals surface area contributed by atoms with Crippen LogP contribution in [0.15, 0.2) is 23.1 Å². The van der Waals surface area contributed by atoms with Crippen molar-refractivity contribution in [1.82, 2.24) is 0 Å². The summed E-state index contributed by atoms with van der Waals surface area (Å²) >= 11 is 1.58. The number of nitrogens with two attached hydrogens (primary N) is 1. The largest absolute Gasteiger partial charge is 0.492 e. The van der Waals surface area contributed by atoms with Crippen molar-refractivity contribution in [3.8, 4) is 5.75 Å². The number of nitrogen functional groups attached to an aromatic ring is 1. The number of rotatable bonds is 5. The van der Waals surface area contributed by atoms with Gasteiger partial charge in [-0.2, -0.15) is 0 Å². The molecule has 0 radical (unpaired) electrons. The highest BCUT2D eigenvalue weighted by Gasteiger charge is 2.17. The topological polar surface area (TPSA) is 68.3 Å². The summed E-state index contributed by atoms with van der Waals surface area (Å²) in [6, 6.07) is 5.79. The van der Waals surface area contributed by atoms with E-state index in [1.165, 1.54) is 0 Å². The Morgan fingerprint density at radius 3 is 2.84 bits per heavy atom. The van der Waals surface area contributed by atoms with Crippen LogP contribution in [0.5, 0.6) is 5.75 Å². The van der Waals surface area contributed by atoms with Gasteiger partial charge in [0.2, 0.25) is 0 Å². The van der Waals surface area contributed by atoms with Crippen LogP contribution in [0.3, 0.4) is 0 Å². The lowest BCUT2D eigenvalue weighted by atomic mass is 10.0. The van der Waals surface area contributed by atoms with Gasteiger partial charge in [-0.1, -0.05) is 6.07 Å². The van der Waals surface area contributed by atoms with Gasteiger partial charge >= 0.3 is 0 Å². The number of amidine groups is 1. The Morgan fingerprint density at radius 1 is 1.47 bits per heavy atom. The lowest BCUT2D eigenvalue weighted by Gasteiger charge is -2.23. The first-order chi connectivity index (χ1) is 9.22. The molecule has 19 heavy (non-hydrogen) atoms. The van der Waals surface area contributed by atoms with E-state index < -0.39 is 0 Å². The summed E-state index contributed by atoms with van der Waals surface area (Å²) in [4.78, 5) is 0.983. The highest BCUT2D eigenvalue weighted by atomic mass is 32.2. The normalized spacial score (nSPS) is 16.3. The molecule has 1 aliphatic rings. The zero-order chi connectivity index (χ0) is 13.7. The van der Waals surface area contributed by atoms with E-state index in [1.807, 2.05) is 24.5 Å². The Kier molecular flexibility index (Phi) is 5.10. The van der Waals surface area contributed by atoms with Crippen molar-refractivity contribution < 1.29 is 9.47 Å². The minimum absolute atomic E-state index is 0.0620. The molecule has 1 fully saturated rings. The average Bonchev–Trinajstić information content (AvgIpc) is 2.45. The molecule has 1 heterocycles. The summed E-state index contributed by atoms with van der Waals surface area (Å²) in [5, 5.41) is 7.71. The second kappa shape index (κ2) is 6.82. The van der Waals surface area contributed by atoms with Crippen molar-refractivity contribution in [2.45, 2.75) is 17.7 Å². The van der Waals surface area contributed by atoms with E-state index in [0.29, 0.717) is 23.8 Å². The quantitative estimate of drug-likeness (QED) is 0.494. The van der Waals surface area contributed by atoms with Crippen LogP contribution < -0.4 is 10.5 Å². The van der Waals surface area contributed by atoms with Gasteiger partial charge in [0.05, 0.1) is 12.2 Å². The van der Waals surface area contributed by atoms with Gasteiger partial charge in [0.15, 0.2) is 0 Å². The van der Waals surface area contributed by atoms with E-state index in [9.17, 15) is 0 Å². The van der Waals surface area contributed by atoms with E-state index in [-0.39, 0.29) is 5.84 Å². The molecule has 3 N–H and O–H groups in total. The fourth-order valence-electron chi connectivity index (χ4n) is 2.19. The number of benzene rings is 1. The highest BCUT2D eigenvalue weighted by Crippen LogP contribution is 2.29. The zero-order valence-corrected chi connectivity index (χ0v) is 12.0. The fraction of sp³-hybridized carbons (Fsp3) is 0.500. The van der Waals surface area contributed by atoms with Crippen molar-refractivity contribution in [2.75, 3.05) is 26.1 Å². The van der Waals surface area contributed by atoms with Crippen LogP contribution in [-0.4, -0.2) is 31.9 Å². The number of hydrogen-bond donors (Lipinski definition) is 2. The Bertz CT molecular complexity index is 445. The van der Waals surface area contributed by atoms with Crippen LogP contribution in [0, 0.1) is 11.3 Å². The Balaban J connectivity index is 2.08. The lowest BCUT2D eigenvalue weighted by molar-refractivity contribution is 0.0497. The number of hydrogen-bond acceptors (Lipinski definition) is 4. The van der Waals surface area contributed by atoms with Gasteiger partial charge in [-0.3, -0.25) is 5.41 Å². The van der Waals surface area contributed by atoms with Gasteiger partial charge in [0, 0.05) is 18.1 Å². The first-order valence-electron chi connectivity index (χ1n) is 6.44. The molecule has 104 valence electrons. The predicted molar refractivity (Wildman–Crippen MR) is 78.3 cm³/mol. The van der Waals surface area contributed by atoms with Gasteiger partial charge in [0.1, 0.15) is 11.6 Å². The molecule has 0 spiro atoms. The molecule has 1 aromatic rings. The van der Waals surface area contributed by atoms with Crippen molar-refractivity contribution in [2.24, 2.45) is 11.7 Å². The van der Waals surface area contributed by atoms with Crippen LogP contribution in [-0.2, 0) is 4.74 Å². The Morgan fingerprint density at radius 2 is 2.21 bits per heavy atom. The summed E-state index contributed by atoms with van der Waals surface area (Å²) in [5.41, 5.74) is 6.38. The standard InChI is InChI=1S/C14H20N2O2S/c1-19-12-4-2-3-11(13(12)14(15)16)18-9-10-5-7-17-8-6-10/h2-4,10H,5-9H2,1H3,(H3,15,16). The first kappa shape index (κ1) is 14.2. The predicted octanol–water partition coefficient (Wildman–Crippen LogP) is 2.50.